The van der Waals surface area contributed by atoms with Crippen molar-refractivity contribution >= 4 is 44.7 Å². The molecule has 4 rings (SSSR count). The number of thiazole rings is 1. The second kappa shape index (κ2) is 6.78. The van der Waals surface area contributed by atoms with Gasteiger partial charge in [0, 0.05) is 18.1 Å². The van der Waals surface area contributed by atoms with Crippen LogP contribution in [-0.4, -0.2) is 20.4 Å². The van der Waals surface area contributed by atoms with Gasteiger partial charge in [0.25, 0.3) is 5.91 Å². The molecule has 1 N–H and O–H groups in total. The molecule has 0 aliphatic rings. The summed E-state index contributed by atoms with van der Waals surface area (Å²) in [6.45, 7) is 3.05. The number of benzene rings is 1. The lowest BCUT2D eigenvalue weighted by Gasteiger charge is -2.05. The molecule has 0 bridgehead atoms. The van der Waals surface area contributed by atoms with Crippen molar-refractivity contribution in [2.75, 3.05) is 5.32 Å². The Morgan fingerprint density at radius 3 is 2.92 bits per heavy atom. The maximum Gasteiger partial charge on any atom is 0.267 e. The zero-order valence-corrected chi connectivity index (χ0v) is 15.2. The highest BCUT2D eigenvalue weighted by Gasteiger charge is 2.16. The highest BCUT2D eigenvalue weighted by atomic mass is 32.1. The molecule has 0 spiro atoms. The van der Waals surface area contributed by atoms with E-state index < -0.39 is 0 Å². The van der Waals surface area contributed by atoms with Crippen molar-refractivity contribution in [3.8, 4) is 10.7 Å². The third kappa shape index (κ3) is 3.08. The topological polar surface area (TPSA) is 59.8 Å². The summed E-state index contributed by atoms with van der Waals surface area (Å²) in [4.78, 5) is 22.9. The molecule has 0 aliphatic heterocycles. The molecule has 4 aromatic rings. The van der Waals surface area contributed by atoms with Gasteiger partial charge < -0.3 is 4.57 Å². The van der Waals surface area contributed by atoms with Crippen LogP contribution in [-0.2, 0) is 6.54 Å². The lowest BCUT2D eigenvalue weighted by Crippen LogP contribution is -2.09. The van der Waals surface area contributed by atoms with Gasteiger partial charge in [-0.05, 0) is 30.7 Å². The molecule has 5 nitrogen and oxygen atoms in total. The van der Waals surface area contributed by atoms with Crippen LogP contribution in [0, 0.1) is 0 Å². The predicted molar refractivity (Wildman–Crippen MR) is 103 cm³/mol. The molecule has 0 saturated heterocycles. The van der Waals surface area contributed by atoms with Crippen LogP contribution in [0.25, 0.3) is 21.7 Å². The van der Waals surface area contributed by atoms with E-state index in [1.807, 2.05) is 35.7 Å². The Morgan fingerprint density at radius 1 is 1.24 bits per heavy atom. The van der Waals surface area contributed by atoms with E-state index in [1.54, 1.807) is 6.20 Å². The minimum atomic E-state index is -0.135. The highest BCUT2D eigenvalue weighted by Crippen LogP contribution is 2.31. The summed E-state index contributed by atoms with van der Waals surface area (Å²) >= 11 is 2.86. The Hall–Kier alpha value is -2.51. The summed E-state index contributed by atoms with van der Waals surface area (Å²) in [5.74, 6) is 0.783. The lowest BCUT2D eigenvalue weighted by molar-refractivity contribution is 0.103. The van der Waals surface area contributed by atoms with Gasteiger partial charge in [-0.15, -0.1) is 22.7 Å². The van der Waals surface area contributed by atoms with Crippen LogP contribution in [0.3, 0.4) is 0 Å². The molecule has 7 heteroatoms. The van der Waals surface area contributed by atoms with Gasteiger partial charge in [-0.2, -0.15) is 0 Å². The van der Waals surface area contributed by atoms with Crippen LogP contribution in [0.15, 0.2) is 48.0 Å². The molecule has 25 heavy (non-hydrogen) atoms. The second-order valence-corrected chi connectivity index (χ2v) is 7.51. The molecule has 0 aliphatic carbocycles. The summed E-state index contributed by atoms with van der Waals surface area (Å²) in [6, 6.07) is 11.9. The molecule has 3 aromatic heterocycles. The average molecular weight is 368 g/mol. The van der Waals surface area contributed by atoms with E-state index in [9.17, 15) is 4.79 Å². The fourth-order valence-corrected chi connectivity index (χ4v) is 4.16. The standard InChI is InChI=1S/C18H16N4OS2/c1-2-10-22-13-6-4-3-5-12(13)20-16(22)14-7-8-15(25-14)17(23)21-18-19-9-11-24-18/h3-9,11H,2,10H2,1H3,(H,19,21,23). The van der Waals surface area contributed by atoms with E-state index in [0.717, 1.165) is 34.7 Å². The minimum Gasteiger partial charge on any atom is -0.323 e. The van der Waals surface area contributed by atoms with Gasteiger partial charge in [0.2, 0.25) is 0 Å². The number of nitrogens with one attached hydrogen (secondary N) is 1. The maximum absolute atomic E-state index is 12.4. The Morgan fingerprint density at radius 2 is 2.12 bits per heavy atom. The quantitative estimate of drug-likeness (QED) is 0.546. The maximum atomic E-state index is 12.4. The largest absolute Gasteiger partial charge is 0.323 e. The van der Waals surface area contributed by atoms with Gasteiger partial charge in [0.1, 0.15) is 0 Å². The first-order valence-electron chi connectivity index (χ1n) is 8.02. The molecule has 126 valence electrons. The van der Waals surface area contributed by atoms with E-state index in [2.05, 4.69) is 27.9 Å². The fraction of sp³-hybridized carbons (Fsp3) is 0.167. The Bertz CT molecular complexity index is 1020. The second-order valence-electron chi connectivity index (χ2n) is 5.53. The molecular weight excluding hydrogens is 352 g/mol. The number of hydrogen-bond donors (Lipinski definition) is 1. The number of anilines is 1. The van der Waals surface area contributed by atoms with E-state index >= 15 is 0 Å². The molecule has 0 saturated carbocycles. The number of para-hydroxylation sites is 2. The first-order chi connectivity index (χ1) is 12.3. The first kappa shape index (κ1) is 16.0. The SMILES string of the molecule is CCCn1c(-c2ccc(C(=O)Nc3nccs3)s2)nc2ccccc21. The summed E-state index contributed by atoms with van der Waals surface area (Å²) in [6.07, 6.45) is 2.70. The van der Waals surface area contributed by atoms with Gasteiger partial charge in [-0.3, -0.25) is 10.1 Å². The lowest BCUT2D eigenvalue weighted by atomic mass is 10.3. The van der Waals surface area contributed by atoms with Crippen LogP contribution >= 0.6 is 22.7 Å². The Labute approximate surface area is 153 Å². The predicted octanol–water partition coefficient (Wildman–Crippen LogP) is 4.88. The van der Waals surface area contributed by atoms with Crippen molar-refractivity contribution in [3.05, 3.63) is 52.9 Å². The fourth-order valence-electron chi connectivity index (χ4n) is 2.74. The summed E-state index contributed by atoms with van der Waals surface area (Å²) in [5.41, 5.74) is 2.11. The monoisotopic (exact) mass is 368 g/mol. The number of rotatable bonds is 5. The van der Waals surface area contributed by atoms with Crippen LogP contribution in [0.5, 0.6) is 0 Å². The van der Waals surface area contributed by atoms with E-state index in [4.69, 9.17) is 4.98 Å². The zero-order chi connectivity index (χ0) is 17.2. The zero-order valence-electron chi connectivity index (χ0n) is 13.6. The minimum absolute atomic E-state index is 0.135. The number of aryl methyl sites for hydroxylation is 1. The Kier molecular flexibility index (Phi) is 4.33. The van der Waals surface area contributed by atoms with Crippen molar-refractivity contribution in [3.63, 3.8) is 0 Å². The van der Waals surface area contributed by atoms with Crippen molar-refractivity contribution in [2.24, 2.45) is 0 Å². The molecule has 0 unspecified atom stereocenters. The van der Waals surface area contributed by atoms with Crippen LogP contribution in [0.4, 0.5) is 5.13 Å². The summed E-state index contributed by atoms with van der Waals surface area (Å²) < 4.78 is 2.23. The highest BCUT2D eigenvalue weighted by molar-refractivity contribution is 7.17. The molecule has 0 radical (unpaired) electrons. The van der Waals surface area contributed by atoms with Gasteiger partial charge in [-0.1, -0.05) is 19.1 Å². The van der Waals surface area contributed by atoms with E-state index in [-0.39, 0.29) is 5.91 Å². The number of hydrogen-bond acceptors (Lipinski definition) is 5. The third-order valence-electron chi connectivity index (χ3n) is 3.80. The molecule has 0 atom stereocenters. The Balaban J connectivity index is 1.69. The molecular formula is C18H16N4OS2. The number of carbonyl (C=O) groups is 1. The van der Waals surface area contributed by atoms with Gasteiger partial charge in [-0.25, -0.2) is 9.97 Å². The van der Waals surface area contributed by atoms with Gasteiger partial charge >= 0.3 is 0 Å². The van der Waals surface area contributed by atoms with Crippen molar-refractivity contribution in [1.29, 1.82) is 0 Å². The number of amides is 1. The van der Waals surface area contributed by atoms with Crippen LogP contribution in [0.2, 0.25) is 0 Å². The summed E-state index contributed by atoms with van der Waals surface area (Å²) in [7, 11) is 0. The third-order valence-corrected chi connectivity index (χ3v) is 5.57. The number of thiophene rings is 1. The van der Waals surface area contributed by atoms with Crippen LogP contribution in [0.1, 0.15) is 23.0 Å². The number of nitrogens with zero attached hydrogens (tertiary/aromatic N) is 3. The van der Waals surface area contributed by atoms with E-state index in [1.165, 1.54) is 22.7 Å². The molecule has 1 aromatic carbocycles. The van der Waals surface area contributed by atoms with Gasteiger partial charge in [0.15, 0.2) is 11.0 Å². The van der Waals surface area contributed by atoms with Crippen molar-refractivity contribution in [1.82, 2.24) is 14.5 Å². The molecule has 0 fully saturated rings. The van der Waals surface area contributed by atoms with Crippen molar-refractivity contribution < 1.29 is 4.79 Å². The molecule has 1 amide bonds. The number of carbonyl (C=O) groups excluding carboxylic acids is 1. The van der Waals surface area contributed by atoms with E-state index in [0.29, 0.717) is 10.0 Å². The first-order valence-corrected chi connectivity index (χ1v) is 9.72. The normalized spacial score (nSPS) is 11.1. The number of fused-ring (bicyclic) bond motifs is 1. The number of aromatic nitrogens is 3. The van der Waals surface area contributed by atoms with Gasteiger partial charge in [0.05, 0.1) is 20.8 Å². The summed E-state index contributed by atoms with van der Waals surface area (Å²) in [5, 5.41) is 5.27. The molecule has 3 heterocycles. The average Bonchev–Trinajstić information content (AvgIpc) is 3.34. The smallest absolute Gasteiger partial charge is 0.267 e. The van der Waals surface area contributed by atoms with Crippen molar-refractivity contribution in [2.45, 2.75) is 19.9 Å². The van der Waals surface area contributed by atoms with Crippen LogP contribution < -0.4 is 5.32 Å². The number of imidazole rings is 1.